The summed E-state index contributed by atoms with van der Waals surface area (Å²) < 4.78 is 5.63. The van der Waals surface area contributed by atoms with E-state index in [0.717, 1.165) is 11.1 Å². The summed E-state index contributed by atoms with van der Waals surface area (Å²) in [5, 5.41) is 9.20. The van der Waals surface area contributed by atoms with Crippen LogP contribution in [-0.4, -0.2) is 18.4 Å². The third-order valence-electron chi connectivity index (χ3n) is 4.12. The van der Waals surface area contributed by atoms with Crippen molar-refractivity contribution in [2.45, 2.75) is 0 Å². The molecule has 0 unspecified atom stereocenters. The fourth-order valence-corrected chi connectivity index (χ4v) is 2.69. The molecule has 0 heterocycles. The molecule has 0 bridgehead atoms. The van der Waals surface area contributed by atoms with Crippen molar-refractivity contribution in [3.63, 3.8) is 0 Å². The van der Waals surface area contributed by atoms with E-state index < -0.39 is 11.8 Å². The van der Waals surface area contributed by atoms with Gasteiger partial charge in [0.05, 0.1) is 0 Å². The SMILES string of the molecule is N#CC(=Cc1ccccc1)C(=O)NNC(=O)COc1ccccc1-c1ccccc1. The highest BCUT2D eigenvalue weighted by molar-refractivity contribution is 6.02. The maximum absolute atomic E-state index is 12.1. The van der Waals surface area contributed by atoms with E-state index in [1.165, 1.54) is 6.08 Å². The van der Waals surface area contributed by atoms with Crippen molar-refractivity contribution in [2.24, 2.45) is 0 Å². The summed E-state index contributed by atoms with van der Waals surface area (Å²) in [5.74, 6) is -0.713. The average molecular weight is 397 g/mol. The van der Waals surface area contributed by atoms with Crippen LogP contribution in [0.2, 0.25) is 0 Å². The van der Waals surface area contributed by atoms with E-state index in [1.807, 2.05) is 60.7 Å². The molecule has 6 nitrogen and oxygen atoms in total. The molecule has 3 aromatic rings. The van der Waals surface area contributed by atoms with Gasteiger partial charge in [0.25, 0.3) is 11.8 Å². The van der Waals surface area contributed by atoms with Gasteiger partial charge in [0.1, 0.15) is 17.4 Å². The highest BCUT2D eigenvalue weighted by Gasteiger charge is 2.12. The first-order chi connectivity index (χ1) is 14.7. The van der Waals surface area contributed by atoms with Gasteiger partial charge in [0.15, 0.2) is 6.61 Å². The molecule has 0 aliphatic rings. The summed E-state index contributed by atoms with van der Waals surface area (Å²) in [7, 11) is 0. The van der Waals surface area contributed by atoms with Crippen LogP contribution in [0.1, 0.15) is 5.56 Å². The van der Waals surface area contributed by atoms with Crippen LogP contribution < -0.4 is 15.6 Å². The number of hydrazine groups is 1. The van der Waals surface area contributed by atoms with Gasteiger partial charge in [-0.05, 0) is 23.3 Å². The summed E-state index contributed by atoms with van der Waals surface area (Å²) in [4.78, 5) is 24.2. The number of nitriles is 1. The molecule has 0 fully saturated rings. The van der Waals surface area contributed by atoms with E-state index in [2.05, 4.69) is 10.9 Å². The molecule has 0 radical (unpaired) electrons. The Kier molecular flexibility index (Phi) is 6.96. The first kappa shape index (κ1) is 20.4. The van der Waals surface area contributed by atoms with Crippen LogP contribution in [0.3, 0.4) is 0 Å². The van der Waals surface area contributed by atoms with Crippen molar-refractivity contribution < 1.29 is 14.3 Å². The maximum atomic E-state index is 12.1. The molecule has 0 saturated carbocycles. The summed E-state index contributed by atoms with van der Waals surface area (Å²) in [6.07, 6.45) is 1.44. The lowest BCUT2D eigenvalue weighted by Gasteiger charge is -2.12. The quantitative estimate of drug-likeness (QED) is 0.378. The van der Waals surface area contributed by atoms with Crippen molar-refractivity contribution in [3.05, 3.63) is 96.1 Å². The molecular weight excluding hydrogens is 378 g/mol. The topological polar surface area (TPSA) is 91.2 Å². The van der Waals surface area contributed by atoms with Gasteiger partial charge < -0.3 is 4.74 Å². The molecular formula is C24H19N3O3. The van der Waals surface area contributed by atoms with Gasteiger partial charge in [-0.15, -0.1) is 0 Å². The van der Waals surface area contributed by atoms with Gasteiger partial charge in [-0.2, -0.15) is 5.26 Å². The Labute approximate surface area is 174 Å². The second kappa shape index (κ2) is 10.2. The van der Waals surface area contributed by atoms with E-state index >= 15 is 0 Å². The summed E-state index contributed by atoms with van der Waals surface area (Å²) in [6, 6.07) is 27.8. The number of amides is 2. The number of para-hydroxylation sites is 1. The Balaban J connectivity index is 1.56. The Hall–Kier alpha value is -4.37. The van der Waals surface area contributed by atoms with Crippen LogP contribution in [0.5, 0.6) is 5.75 Å². The number of hydrogen-bond donors (Lipinski definition) is 2. The number of nitrogens with one attached hydrogen (secondary N) is 2. The number of hydrogen-bond acceptors (Lipinski definition) is 4. The molecule has 2 N–H and O–H groups in total. The number of nitrogens with zero attached hydrogens (tertiary/aromatic N) is 1. The Morgan fingerprint density at radius 2 is 1.50 bits per heavy atom. The molecule has 3 aromatic carbocycles. The van der Waals surface area contributed by atoms with Gasteiger partial charge in [0.2, 0.25) is 0 Å². The number of carbonyl (C=O) groups excluding carboxylic acids is 2. The summed E-state index contributed by atoms with van der Waals surface area (Å²) in [5.41, 5.74) is 6.88. The van der Waals surface area contributed by atoms with Gasteiger partial charge in [-0.1, -0.05) is 78.9 Å². The fourth-order valence-electron chi connectivity index (χ4n) is 2.69. The van der Waals surface area contributed by atoms with Crippen molar-refractivity contribution in [1.82, 2.24) is 10.9 Å². The molecule has 0 spiro atoms. The molecule has 30 heavy (non-hydrogen) atoms. The van der Waals surface area contributed by atoms with Crippen LogP contribution >= 0.6 is 0 Å². The molecule has 0 aromatic heterocycles. The van der Waals surface area contributed by atoms with Crippen molar-refractivity contribution in [3.8, 4) is 22.9 Å². The fraction of sp³-hybridized carbons (Fsp3) is 0.0417. The monoisotopic (exact) mass is 397 g/mol. The average Bonchev–Trinajstić information content (AvgIpc) is 2.81. The van der Waals surface area contributed by atoms with Crippen LogP contribution in [0.15, 0.2) is 90.5 Å². The van der Waals surface area contributed by atoms with Gasteiger partial charge >= 0.3 is 0 Å². The van der Waals surface area contributed by atoms with Crippen molar-refractivity contribution in [1.29, 1.82) is 5.26 Å². The minimum absolute atomic E-state index is 0.128. The standard InChI is InChI=1S/C24H19N3O3/c25-16-20(15-18-9-3-1-4-10-18)24(29)27-26-23(28)17-30-22-14-8-7-13-21(22)19-11-5-2-6-12-19/h1-15H,17H2,(H,26,28)(H,27,29). The Bertz CT molecular complexity index is 1090. The lowest BCUT2D eigenvalue weighted by Crippen LogP contribution is -2.44. The summed E-state index contributed by atoms with van der Waals surface area (Å²) in [6.45, 7) is -0.297. The van der Waals surface area contributed by atoms with Crippen LogP contribution in [0.4, 0.5) is 0 Å². The first-order valence-corrected chi connectivity index (χ1v) is 9.20. The molecule has 3 rings (SSSR count). The molecule has 0 atom stereocenters. The van der Waals surface area contributed by atoms with Crippen LogP contribution in [0.25, 0.3) is 17.2 Å². The van der Waals surface area contributed by atoms with Crippen molar-refractivity contribution >= 4 is 17.9 Å². The van der Waals surface area contributed by atoms with E-state index in [0.29, 0.717) is 11.3 Å². The second-order valence-electron chi connectivity index (χ2n) is 6.23. The van der Waals surface area contributed by atoms with Gasteiger partial charge in [-0.3, -0.25) is 20.4 Å². The third-order valence-corrected chi connectivity index (χ3v) is 4.12. The van der Waals surface area contributed by atoms with Gasteiger partial charge in [-0.25, -0.2) is 0 Å². The van der Waals surface area contributed by atoms with Gasteiger partial charge in [0, 0.05) is 5.56 Å². The molecule has 0 aliphatic carbocycles. The smallest absolute Gasteiger partial charge is 0.280 e. The minimum Gasteiger partial charge on any atom is -0.483 e. The normalized spacial score (nSPS) is 10.6. The maximum Gasteiger partial charge on any atom is 0.280 e. The molecule has 148 valence electrons. The number of benzene rings is 3. The largest absolute Gasteiger partial charge is 0.483 e. The summed E-state index contributed by atoms with van der Waals surface area (Å²) >= 11 is 0. The van der Waals surface area contributed by atoms with Crippen LogP contribution in [0, 0.1) is 11.3 Å². The Morgan fingerprint density at radius 1 is 0.867 bits per heavy atom. The molecule has 6 heteroatoms. The predicted octanol–water partition coefficient (Wildman–Crippen LogP) is 3.49. The predicted molar refractivity (Wildman–Crippen MR) is 114 cm³/mol. The highest BCUT2D eigenvalue weighted by Crippen LogP contribution is 2.29. The second-order valence-corrected chi connectivity index (χ2v) is 6.23. The number of carbonyl (C=O) groups is 2. The zero-order chi connectivity index (χ0) is 21.2. The number of rotatable bonds is 6. The molecule has 2 amide bonds. The highest BCUT2D eigenvalue weighted by atomic mass is 16.5. The lowest BCUT2D eigenvalue weighted by atomic mass is 10.1. The van der Waals surface area contributed by atoms with E-state index in [9.17, 15) is 14.9 Å². The van der Waals surface area contributed by atoms with Crippen LogP contribution in [-0.2, 0) is 9.59 Å². The zero-order valence-electron chi connectivity index (χ0n) is 16.0. The van der Waals surface area contributed by atoms with Crippen molar-refractivity contribution in [2.75, 3.05) is 6.61 Å². The molecule has 0 aliphatic heterocycles. The van der Waals surface area contributed by atoms with E-state index in [4.69, 9.17) is 4.74 Å². The minimum atomic E-state index is -0.709. The Morgan fingerprint density at radius 3 is 2.20 bits per heavy atom. The van der Waals surface area contributed by atoms with E-state index in [-0.39, 0.29) is 12.2 Å². The lowest BCUT2D eigenvalue weighted by molar-refractivity contribution is -0.128. The molecule has 0 saturated heterocycles. The number of ether oxygens (including phenoxy) is 1. The zero-order valence-corrected chi connectivity index (χ0v) is 16.0. The van der Waals surface area contributed by atoms with E-state index in [1.54, 1.807) is 30.3 Å². The first-order valence-electron chi connectivity index (χ1n) is 9.20. The third kappa shape index (κ3) is 5.57.